The monoisotopic (exact) mass is 360 g/mol. The van der Waals surface area contributed by atoms with Crippen molar-refractivity contribution in [2.75, 3.05) is 0 Å². The molecule has 0 saturated heterocycles. The van der Waals surface area contributed by atoms with Gasteiger partial charge in [-0.25, -0.2) is 0 Å². The predicted molar refractivity (Wildman–Crippen MR) is 115 cm³/mol. The van der Waals surface area contributed by atoms with Gasteiger partial charge in [-0.3, -0.25) is 9.59 Å². The van der Waals surface area contributed by atoms with E-state index in [1.165, 1.54) is 51.0 Å². The molecule has 0 spiro atoms. The van der Waals surface area contributed by atoms with Crippen LogP contribution in [0.5, 0.6) is 0 Å². The Balaban J connectivity index is 0. The highest BCUT2D eigenvalue weighted by Gasteiger charge is 1.88. The van der Waals surface area contributed by atoms with Gasteiger partial charge in [-0.1, -0.05) is 81.9 Å². The molecule has 148 valence electrons. The normalized spacial score (nSPS) is 11.9. The number of aldehydes is 2. The zero-order valence-corrected chi connectivity index (χ0v) is 17.3. The first kappa shape index (κ1) is 26.5. The molecule has 2 nitrogen and oxygen atoms in total. The van der Waals surface area contributed by atoms with Crippen molar-refractivity contribution in [3.63, 3.8) is 0 Å². The fourth-order valence-electron chi connectivity index (χ4n) is 2.28. The summed E-state index contributed by atoms with van der Waals surface area (Å²) < 4.78 is 0. The maximum Gasteiger partial charge on any atom is 0.145 e. The van der Waals surface area contributed by atoms with Crippen LogP contribution in [0.2, 0.25) is 0 Å². The summed E-state index contributed by atoms with van der Waals surface area (Å²) in [6.07, 6.45) is 29.1. The van der Waals surface area contributed by atoms with Gasteiger partial charge in [0.25, 0.3) is 0 Å². The van der Waals surface area contributed by atoms with Crippen LogP contribution in [0, 0.1) is 0 Å². The zero-order chi connectivity index (χ0) is 19.7. The van der Waals surface area contributed by atoms with Crippen molar-refractivity contribution in [3.05, 3.63) is 48.1 Å². The van der Waals surface area contributed by atoms with Gasteiger partial charge in [0, 0.05) is 0 Å². The molecule has 0 atom stereocenters. The molecule has 0 bridgehead atoms. The first-order valence-electron chi connectivity index (χ1n) is 10.2. The second kappa shape index (κ2) is 25.5. The first-order valence-corrected chi connectivity index (χ1v) is 10.2. The van der Waals surface area contributed by atoms with Crippen molar-refractivity contribution in [3.8, 4) is 0 Å². The zero-order valence-electron chi connectivity index (χ0n) is 17.3. The fraction of sp³-hybridized carbons (Fsp3) is 0.583. The van der Waals surface area contributed by atoms with E-state index in [0.717, 1.165) is 43.8 Å². The quantitative estimate of drug-likeness (QED) is 0.101. The van der Waals surface area contributed by atoms with Crippen LogP contribution in [0.15, 0.2) is 48.1 Å². The topological polar surface area (TPSA) is 34.1 Å². The Morgan fingerprint density at radius 3 is 2.00 bits per heavy atom. The van der Waals surface area contributed by atoms with Crippen LogP contribution in [0.3, 0.4) is 0 Å². The average Bonchev–Trinajstić information content (AvgIpc) is 2.66. The summed E-state index contributed by atoms with van der Waals surface area (Å²) in [4.78, 5) is 20.1. The maximum atomic E-state index is 10.1. The molecular weight excluding hydrogens is 320 g/mol. The van der Waals surface area contributed by atoms with Gasteiger partial charge < -0.3 is 0 Å². The number of rotatable bonds is 15. The molecule has 0 radical (unpaired) electrons. The molecule has 0 amide bonds. The second-order valence-electron chi connectivity index (χ2n) is 6.43. The molecule has 0 aliphatic heterocycles. The van der Waals surface area contributed by atoms with E-state index in [4.69, 9.17) is 0 Å². The Bertz CT molecular complexity index is 414. The lowest BCUT2D eigenvalue weighted by atomic mass is 10.1. The van der Waals surface area contributed by atoms with Crippen molar-refractivity contribution in [1.29, 1.82) is 0 Å². The third kappa shape index (κ3) is 27.2. The van der Waals surface area contributed by atoms with E-state index in [-0.39, 0.29) is 0 Å². The van der Waals surface area contributed by atoms with E-state index in [0.29, 0.717) is 0 Å². The molecule has 0 aromatic carbocycles. The van der Waals surface area contributed by atoms with Gasteiger partial charge in [-0.05, 0) is 57.6 Å². The summed E-state index contributed by atoms with van der Waals surface area (Å²) in [5.41, 5.74) is 0.838. The first-order chi connectivity index (χ1) is 12.7. The maximum absolute atomic E-state index is 10.1. The van der Waals surface area contributed by atoms with Crippen molar-refractivity contribution in [2.24, 2.45) is 0 Å². The molecule has 0 N–H and O–H groups in total. The summed E-state index contributed by atoms with van der Waals surface area (Å²) >= 11 is 0. The Labute approximate surface area is 162 Å². The van der Waals surface area contributed by atoms with Gasteiger partial charge in [0.1, 0.15) is 12.6 Å². The molecule has 0 heterocycles. The van der Waals surface area contributed by atoms with E-state index in [1.54, 1.807) is 6.08 Å². The Morgan fingerprint density at radius 1 is 0.731 bits per heavy atom. The van der Waals surface area contributed by atoms with Crippen LogP contribution in [0.25, 0.3) is 0 Å². The molecule has 0 aliphatic rings. The number of unbranched alkanes of at least 4 members (excludes halogenated alkanes) is 9. The van der Waals surface area contributed by atoms with Gasteiger partial charge in [0.15, 0.2) is 0 Å². The predicted octanol–water partition coefficient (Wildman–Crippen LogP) is 7.32. The summed E-state index contributed by atoms with van der Waals surface area (Å²) in [5.74, 6) is 0. The van der Waals surface area contributed by atoms with Crippen molar-refractivity contribution < 1.29 is 9.59 Å². The molecule has 26 heavy (non-hydrogen) atoms. The number of carbonyl (C=O) groups excluding carboxylic acids is 2. The van der Waals surface area contributed by atoms with Gasteiger partial charge in [0.2, 0.25) is 0 Å². The van der Waals surface area contributed by atoms with E-state index < -0.39 is 0 Å². The number of hydrogen-bond donors (Lipinski definition) is 0. The van der Waals surface area contributed by atoms with Crippen LogP contribution in [-0.2, 0) is 9.59 Å². The smallest absolute Gasteiger partial charge is 0.145 e. The van der Waals surface area contributed by atoms with E-state index in [2.05, 4.69) is 25.2 Å². The molecule has 2 heteroatoms. The lowest BCUT2D eigenvalue weighted by Gasteiger charge is -1.98. The molecular formula is C24H40O2. The number of allylic oxidation sites excluding steroid dienone is 8. The van der Waals surface area contributed by atoms with Crippen molar-refractivity contribution in [1.82, 2.24) is 0 Å². The molecule has 0 saturated carbocycles. The molecule has 0 aromatic rings. The highest BCUT2D eigenvalue weighted by molar-refractivity contribution is 5.71. The van der Waals surface area contributed by atoms with Crippen LogP contribution < -0.4 is 0 Å². The fourth-order valence-corrected chi connectivity index (χ4v) is 2.28. The summed E-state index contributed by atoms with van der Waals surface area (Å²) in [6, 6.07) is 0. The van der Waals surface area contributed by atoms with Gasteiger partial charge >= 0.3 is 0 Å². The lowest BCUT2D eigenvalue weighted by Crippen LogP contribution is -1.78. The Hall–Kier alpha value is -1.70. The second-order valence-corrected chi connectivity index (χ2v) is 6.43. The third-order valence-corrected chi connectivity index (χ3v) is 3.87. The van der Waals surface area contributed by atoms with E-state index in [9.17, 15) is 9.59 Å². The largest absolute Gasteiger partial charge is 0.299 e. The van der Waals surface area contributed by atoms with Gasteiger partial charge in [0.05, 0.1) is 0 Å². The van der Waals surface area contributed by atoms with Crippen molar-refractivity contribution >= 4 is 12.6 Å². The Morgan fingerprint density at radius 2 is 1.38 bits per heavy atom. The van der Waals surface area contributed by atoms with Crippen LogP contribution in [0.4, 0.5) is 0 Å². The summed E-state index contributed by atoms with van der Waals surface area (Å²) in [7, 11) is 0. The minimum Gasteiger partial charge on any atom is -0.299 e. The van der Waals surface area contributed by atoms with E-state index >= 15 is 0 Å². The van der Waals surface area contributed by atoms with Crippen LogP contribution in [0.1, 0.15) is 91.4 Å². The van der Waals surface area contributed by atoms with E-state index in [1.807, 2.05) is 26.0 Å². The minimum atomic E-state index is 0.804. The van der Waals surface area contributed by atoms with Gasteiger partial charge in [-0.2, -0.15) is 0 Å². The molecule has 0 aliphatic carbocycles. The Kier molecular flexibility index (Phi) is 26.1. The molecule has 0 unspecified atom stereocenters. The van der Waals surface area contributed by atoms with Crippen LogP contribution in [-0.4, -0.2) is 12.6 Å². The average molecular weight is 361 g/mol. The number of carbonyl (C=O) groups is 2. The third-order valence-electron chi connectivity index (χ3n) is 3.87. The summed E-state index contributed by atoms with van der Waals surface area (Å²) in [6.45, 7) is 6.10. The lowest BCUT2D eigenvalue weighted by molar-refractivity contribution is -0.105. The molecule has 0 fully saturated rings. The standard InChI is InChI=1S/C14H24O.C10H16O/c1-2-3-4-5-6-7-8-9-10-11-12-13-14-15;1-3-4-5-6-7-8-10(2)9-11/h10-14H,2-9H2,1H3;3-4,8-9H,5-7H2,1-2H3/b;4-3-,10-8+. The van der Waals surface area contributed by atoms with Crippen LogP contribution >= 0.6 is 0 Å². The minimum absolute atomic E-state index is 0.804. The molecule has 0 rings (SSSR count). The van der Waals surface area contributed by atoms with Gasteiger partial charge in [-0.15, -0.1) is 0 Å². The molecule has 0 aromatic heterocycles. The SMILES string of the molecule is C/C=C\CCC/C=C(\C)C=O.CCCCCCCCCC=CC=CC=O. The summed E-state index contributed by atoms with van der Waals surface area (Å²) in [5, 5.41) is 0. The highest BCUT2D eigenvalue weighted by Crippen LogP contribution is 2.08. The van der Waals surface area contributed by atoms with Crippen molar-refractivity contribution in [2.45, 2.75) is 91.4 Å². The highest BCUT2D eigenvalue weighted by atomic mass is 16.1. The number of hydrogen-bond acceptors (Lipinski definition) is 2.